The Labute approximate surface area is 107 Å². The minimum absolute atomic E-state index is 0.0187. The van der Waals surface area contributed by atoms with Crippen LogP contribution in [0, 0.1) is 11.6 Å². The Kier molecular flexibility index (Phi) is 3.69. The molecule has 1 fully saturated rings. The van der Waals surface area contributed by atoms with E-state index < -0.39 is 11.6 Å². The zero-order valence-corrected chi connectivity index (χ0v) is 10.9. The molecule has 0 radical (unpaired) electrons. The van der Waals surface area contributed by atoms with E-state index >= 15 is 0 Å². The van der Waals surface area contributed by atoms with E-state index in [0.717, 1.165) is 25.5 Å². The second kappa shape index (κ2) is 4.94. The lowest BCUT2D eigenvalue weighted by Gasteiger charge is -2.38. The summed E-state index contributed by atoms with van der Waals surface area (Å²) in [5.41, 5.74) is 6.32. The molecule has 0 amide bonds. The fraction of sp³-hybridized carbons (Fsp3) is 0.571. The number of benzene rings is 1. The van der Waals surface area contributed by atoms with Crippen molar-refractivity contribution in [3.63, 3.8) is 0 Å². The van der Waals surface area contributed by atoms with E-state index in [0.29, 0.717) is 12.1 Å². The summed E-state index contributed by atoms with van der Waals surface area (Å²) in [6.45, 7) is 5.53. The average molecular weight is 254 g/mol. The van der Waals surface area contributed by atoms with Crippen LogP contribution in [0.1, 0.15) is 38.3 Å². The summed E-state index contributed by atoms with van der Waals surface area (Å²) in [4.78, 5) is 2.23. The van der Waals surface area contributed by atoms with Crippen molar-refractivity contribution < 1.29 is 8.78 Å². The highest BCUT2D eigenvalue weighted by atomic mass is 19.1. The monoisotopic (exact) mass is 254 g/mol. The molecule has 0 saturated carbocycles. The number of hydrogen-bond donors (Lipinski definition) is 1. The minimum Gasteiger partial charge on any atom is -0.329 e. The molecule has 1 aromatic rings. The Hall–Kier alpha value is -1.00. The maximum Gasteiger partial charge on any atom is 0.130 e. The first-order valence-electron chi connectivity index (χ1n) is 6.37. The molecular formula is C14H20F2N2. The van der Waals surface area contributed by atoms with Crippen LogP contribution < -0.4 is 5.73 Å². The molecular weight excluding hydrogens is 234 g/mol. The van der Waals surface area contributed by atoms with Gasteiger partial charge in [-0.25, -0.2) is 8.78 Å². The number of nitrogens with two attached hydrogens (primary N) is 1. The molecule has 1 aromatic carbocycles. The summed E-state index contributed by atoms with van der Waals surface area (Å²) in [6.07, 6.45) is 2.17. The maximum atomic E-state index is 13.9. The van der Waals surface area contributed by atoms with Crippen molar-refractivity contribution in [3.05, 3.63) is 35.4 Å². The first-order chi connectivity index (χ1) is 8.45. The van der Waals surface area contributed by atoms with Gasteiger partial charge in [-0.3, -0.25) is 4.90 Å². The van der Waals surface area contributed by atoms with E-state index in [2.05, 4.69) is 18.7 Å². The molecule has 0 aromatic heterocycles. The van der Waals surface area contributed by atoms with Gasteiger partial charge in [0.05, 0.1) is 6.04 Å². The summed E-state index contributed by atoms with van der Waals surface area (Å²) in [5, 5.41) is 0. The van der Waals surface area contributed by atoms with Crippen molar-refractivity contribution >= 4 is 0 Å². The van der Waals surface area contributed by atoms with Gasteiger partial charge in [-0.2, -0.15) is 0 Å². The molecule has 1 atom stereocenters. The molecule has 2 N–H and O–H groups in total. The third-order valence-corrected chi connectivity index (χ3v) is 3.89. The SMILES string of the molecule is CC1(C)CCCN1C(CN)c1ccc(F)cc1F. The number of halogens is 2. The lowest BCUT2D eigenvalue weighted by molar-refractivity contribution is 0.117. The molecule has 2 nitrogen and oxygen atoms in total. The summed E-state index contributed by atoms with van der Waals surface area (Å²) >= 11 is 0. The Balaban J connectivity index is 2.33. The third-order valence-electron chi connectivity index (χ3n) is 3.89. The van der Waals surface area contributed by atoms with Crippen LogP contribution in [0.25, 0.3) is 0 Å². The second-order valence-electron chi connectivity index (χ2n) is 5.53. The Bertz CT molecular complexity index is 432. The van der Waals surface area contributed by atoms with Gasteiger partial charge in [0, 0.05) is 23.7 Å². The van der Waals surface area contributed by atoms with Crippen molar-refractivity contribution in [2.45, 2.75) is 38.3 Å². The van der Waals surface area contributed by atoms with Crippen molar-refractivity contribution in [1.82, 2.24) is 4.90 Å². The standard InChI is InChI=1S/C14H20F2N2/c1-14(2)6-3-7-18(14)13(9-17)11-5-4-10(15)8-12(11)16/h4-5,8,13H,3,6-7,9,17H2,1-2H3. The average Bonchev–Trinajstić information content (AvgIpc) is 2.63. The minimum atomic E-state index is -0.548. The topological polar surface area (TPSA) is 29.3 Å². The van der Waals surface area contributed by atoms with Gasteiger partial charge < -0.3 is 5.73 Å². The van der Waals surface area contributed by atoms with Crippen LogP contribution in [0.4, 0.5) is 8.78 Å². The lowest BCUT2D eigenvalue weighted by atomic mass is 9.97. The zero-order valence-electron chi connectivity index (χ0n) is 10.9. The van der Waals surface area contributed by atoms with Crippen LogP contribution in [-0.2, 0) is 0 Å². The van der Waals surface area contributed by atoms with E-state index in [9.17, 15) is 8.78 Å². The normalized spacial score (nSPS) is 21.2. The van der Waals surface area contributed by atoms with Gasteiger partial charge in [0.15, 0.2) is 0 Å². The van der Waals surface area contributed by atoms with Crippen LogP contribution in [0.5, 0.6) is 0 Å². The molecule has 1 saturated heterocycles. The van der Waals surface area contributed by atoms with Crippen molar-refractivity contribution in [2.75, 3.05) is 13.1 Å². The van der Waals surface area contributed by atoms with Crippen LogP contribution in [0.15, 0.2) is 18.2 Å². The molecule has 1 aliphatic rings. The van der Waals surface area contributed by atoms with Crippen molar-refractivity contribution in [3.8, 4) is 0 Å². The van der Waals surface area contributed by atoms with E-state index in [1.165, 1.54) is 12.1 Å². The fourth-order valence-corrected chi connectivity index (χ4v) is 2.90. The van der Waals surface area contributed by atoms with Gasteiger partial charge in [0.1, 0.15) is 11.6 Å². The summed E-state index contributed by atoms with van der Waals surface area (Å²) in [7, 11) is 0. The summed E-state index contributed by atoms with van der Waals surface area (Å²) < 4.78 is 26.8. The summed E-state index contributed by atoms with van der Waals surface area (Å²) in [5.74, 6) is -1.05. The predicted octanol–water partition coefficient (Wildman–Crippen LogP) is 2.84. The van der Waals surface area contributed by atoms with Crippen LogP contribution in [0.2, 0.25) is 0 Å². The zero-order chi connectivity index (χ0) is 13.3. The Morgan fingerprint density at radius 1 is 1.39 bits per heavy atom. The molecule has 1 unspecified atom stereocenters. The molecule has 0 aliphatic carbocycles. The smallest absolute Gasteiger partial charge is 0.130 e. The van der Waals surface area contributed by atoms with Gasteiger partial charge in [-0.1, -0.05) is 6.07 Å². The van der Waals surface area contributed by atoms with Crippen molar-refractivity contribution in [2.24, 2.45) is 5.73 Å². The molecule has 4 heteroatoms. The lowest BCUT2D eigenvalue weighted by Crippen LogP contribution is -2.43. The first kappa shape index (κ1) is 13.4. The van der Waals surface area contributed by atoms with Crippen molar-refractivity contribution in [1.29, 1.82) is 0 Å². The number of hydrogen-bond acceptors (Lipinski definition) is 2. The predicted molar refractivity (Wildman–Crippen MR) is 68.2 cm³/mol. The van der Waals surface area contributed by atoms with Gasteiger partial charge in [-0.05, 0) is 39.3 Å². The molecule has 100 valence electrons. The quantitative estimate of drug-likeness (QED) is 0.898. The third kappa shape index (κ3) is 2.40. The maximum absolute atomic E-state index is 13.9. The largest absolute Gasteiger partial charge is 0.329 e. The van der Waals surface area contributed by atoms with Crippen LogP contribution >= 0.6 is 0 Å². The van der Waals surface area contributed by atoms with E-state index in [4.69, 9.17) is 5.73 Å². The van der Waals surface area contributed by atoms with E-state index in [1.807, 2.05) is 0 Å². The number of rotatable bonds is 3. The fourth-order valence-electron chi connectivity index (χ4n) is 2.90. The number of nitrogens with zero attached hydrogens (tertiary/aromatic N) is 1. The highest BCUT2D eigenvalue weighted by Gasteiger charge is 2.37. The van der Waals surface area contributed by atoms with Gasteiger partial charge in [0.2, 0.25) is 0 Å². The Morgan fingerprint density at radius 2 is 2.11 bits per heavy atom. The molecule has 2 rings (SSSR count). The molecule has 1 heterocycles. The van der Waals surface area contributed by atoms with E-state index in [-0.39, 0.29) is 11.6 Å². The van der Waals surface area contributed by atoms with Crippen LogP contribution in [0.3, 0.4) is 0 Å². The molecule has 0 bridgehead atoms. The first-order valence-corrected chi connectivity index (χ1v) is 6.37. The summed E-state index contributed by atoms with van der Waals surface area (Å²) in [6, 6.07) is 3.56. The molecule has 0 spiro atoms. The van der Waals surface area contributed by atoms with Gasteiger partial charge >= 0.3 is 0 Å². The highest BCUT2D eigenvalue weighted by Crippen LogP contribution is 2.36. The van der Waals surface area contributed by atoms with Gasteiger partial charge in [-0.15, -0.1) is 0 Å². The number of likely N-dealkylation sites (tertiary alicyclic amines) is 1. The van der Waals surface area contributed by atoms with E-state index in [1.54, 1.807) is 0 Å². The van der Waals surface area contributed by atoms with Gasteiger partial charge in [0.25, 0.3) is 0 Å². The Morgan fingerprint density at radius 3 is 2.61 bits per heavy atom. The van der Waals surface area contributed by atoms with Crippen LogP contribution in [-0.4, -0.2) is 23.5 Å². The molecule has 1 aliphatic heterocycles. The second-order valence-corrected chi connectivity index (χ2v) is 5.53. The molecule has 18 heavy (non-hydrogen) atoms. The highest BCUT2D eigenvalue weighted by molar-refractivity contribution is 5.23.